The number of aliphatic imine (C=N–C) groups is 1. The first-order valence-electron chi connectivity index (χ1n) is 10.0. The van der Waals surface area contributed by atoms with Crippen LogP contribution < -0.4 is 11.1 Å². The molecule has 1 fully saturated rings. The van der Waals surface area contributed by atoms with Crippen molar-refractivity contribution in [1.29, 1.82) is 0 Å². The maximum absolute atomic E-state index is 15.1. The van der Waals surface area contributed by atoms with Crippen LogP contribution in [0.4, 0.5) is 17.6 Å². The number of hydrogen-bond donors (Lipinski definition) is 2. The number of halogens is 4. The third kappa shape index (κ3) is 4.98. The molecule has 3 atom stereocenters. The highest BCUT2D eigenvalue weighted by Gasteiger charge is 2.62. The van der Waals surface area contributed by atoms with Crippen molar-refractivity contribution in [1.82, 2.24) is 10.3 Å². The van der Waals surface area contributed by atoms with Crippen LogP contribution in [0.3, 0.4) is 0 Å². The Morgan fingerprint density at radius 1 is 1.41 bits per heavy atom. The summed E-state index contributed by atoms with van der Waals surface area (Å²) in [6, 6.07) is 3.27. The number of thioether (sulfide) groups is 1. The number of amides is 1. The Morgan fingerprint density at radius 2 is 2.16 bits per heavy atom. The zero-order chi connectivity index (χ0) is 23.5. The summed E-state index contributed by atoms with van der Waals surface area (Å²) in [5, 5.41) is 2.66. The number of fused-ring (bicyclic) bond motifs is 1. The second kappa shape index (κ2) is 9.62. The van der Waals surface area contributed by atoms with Gasteiger partial charge in [-0.25, -0.2) is 9.38 Å². The number of hydrogen-bond acceptors (Lipinski definition) is 6. The van der Waals surface area contributed by atoms with Crippen LogP contribution in [-0.2, 0) is 4.74 Å². The van der Waals surface area contributed by atoms with Crippen molar-refractivity contribution in [2.45, 2.75) is 38.1 Å². The van der Waals surface area contributed by atoms with E-state index >= 15 is 4.39 Å². The van der Waals surface area contributed by atoms with Crippen molar-refractivity contribution in [2.24, 2.45) is 16.6 Å². The highest BCUT2D eigenvalue weighted by atomic mass is 32.2. The standard InChI is InChI=1S/C21H24F4N4O2S/c1-3-4-15(22)13(7-8-27-18(30)16-6-5-12(2)9-28-16)20-11-31-17(21(23,24)25)14(20)10-32-19(26)29-20/h4-7,9,14,17H,3,8,10-11H2,1-2H3,(H2,26,29)(H,27,30)/b13-7+,15-4+/t14-,17+,20-/m1/s1. The summed E-state index contributed by atoms with van der Waals surface area (Å²) in [7, 11) is 0. The second-order valence-electron chi connectivity index (χ2n) is 7.57. The molecule has 2 aliphatic rings. The summed E-state index contributed by atoms with van der Waals surface area (Å²) < 4.78 is 61.0. The Morgan fingerprint density at radius 3 is 2.78 bits per heavy atom. The number of aromatic nitrogens is 1. The summed E-state index contributed by atoms with van der Waals surface area (Å²) >= 11 is 0.983. The van der Waals surface area contributed by atoms with E-state index in [0.29, 0.717) is 6.42 Å². The average molecular weight is 473 g/mol. The topological polar surface area (TPSA) is 89.6 Å². The number of nitrogens with two attached hydrogens (primary N) is 1. The SMILES string of the molecule is CC/C=C(F)\C(=C/CNC(=O)c1ccc(C)cn1)[C@]12CO[C@H](C(F)(F)F)[C@H]1CSC(N)=N2. The van der Waals surface area contributed by atoms with E-state index in [0.717, 1.165) is 17.3 Å². The molecule has 0 bridgehead atoms. The van der Waals surface area contributed by atoms with Crippen molar-refractivity contribution in [3.8, 4) is 0 Å². The summed E-state index contributed by atoms with van der Waals surface area (Å²) in [5.74, 6) is -2.38. The van der Waals surface area contributed by atoms with E-state index < -0.39 is 42.1 Å². The van der Waals surface area contributed by atoms with Crippen LogP contribution in [0.15, 0.2) is 46.9 Å². The summed E-state index contributed by atoms with van der Waals surface area (Å²) in [6.07, 6.45) is -2.26. The van der Waals surface area contributed by atoms with Gasteiger partial charge < -0.3 is 15.8 Å². The lowest BCUT2D eigenvalue weighted by Gasteiger charge is -2.37. The maximum atomic E-state index is 15.1. The monoisotopic (exact) mass is 472 g/mol. The first-order chi connectivity index (χ1) is 15.1. The number of nitrogens with zero attached hydrogens (tertiary/aromatic N) is 2. The number of amidine groups is 1. The molecule has 3 N–H and O–H groups in total. The molecule has 3 heterocycles. The fourth-order valence-corrected chi connectivity index (χ4v) is 4.83. The Hall–Kier alpha value is -2.40. The van der Waals surface area contributed by atoms with Gasteiger partial charge in [-0.3, -0.25) is 9.78 Å². The fraction of sp³-hybridized carbons (Fsp3) is 0.476. The first-order valence-corrected chi connectivity index (χ1v) is 11.0. The summed E-state index contributed by atoms with van der Waals surface area (Å²) in [5.41, 5.74) is 5.19. The van der Waals surface area contributed by atoms with Gasteiger partial charge in [0, 0.05) is 30.0 Å². The number of allylic oxidation sites excluding steroid dienone is 1. The molecule has 0 aliphatic carbocycles. The molecule has 0 radical (unpaired) electrons. The predicted octanol–water partition coefficient (Wildman–Crippen LogP) is 3.69. The van der Waals surface area contributed by atoms with Gasteiger partial charge in [-0.2, -0.15) is 13.2 Å². The molecule has 0 spiro atoms. The van der Waals surface area contributed by atoms with Gasteiger partial charge in [-0.05, 0) is 31.1 Å². The Labute approximate surface area is 187 Å². The number of nitrogens with one attached hydrogen (secondary N) is 1. The fourth-order valence-electron chi connectivity index (χ4n) is 3.80. The zero-order valence-electron chi connectivity index (χ0n) is 17.6. The van der Waals surface area contributed by atoms with Crippen LogP contribution in [0.1, 0.15) is 29.4 Å². The normalized spacial score (nSPS) is 26.5. The van der Waals surface area contributed by atoms with Gasteiger partial charge in [-0.1, -0.05) is 30.8 Å². The average Bonchev–Trinajstić information content (AvgIpc) is 3.11. The molecular formula is C21H24F4N4O2S. The van der Waals surface area contributed by atoms with E-state index in [2.05, 4.69) is 15.3 Å². The third-order valence-electron chi connectivity index (χ3n) is 5.32. The molecule has 11 heteroatoms. The minimum absolute atomic E-state index is 0.0180. The highest BCUT2D eigenvalue weighted by Crippen LogP contribution is 2.50. The van der Waals surface area contributed by atoms with Gasteiger partial charge in [0.1, 0.15) is 17.1 Å². The van der Waals surface area contributed by atoms with Gasteiger partial charge in [0.15, 0.2) is 11.3 Å². The number of pyridine rings is 1. The Kier molecular flexibility index (Phi) is 7.29. The Bertz CT molecular complexity index is 946. The van der Waals surface area contributed by atoms with Crippen LogP contribution in [0.2, 0.25) is 0 Å². The van der Waals surface area contributed by atoms with Crippen LogP contribution in [0.25, 0.3) is 0 Å². The van der Waals surface area contributed by atoms with Crippen LogP contribution >= 0.6 is 11.8 Å². The van der Waals surface area contributed by atoms with Crippen LogP contribution in [0.5, 0.6) is 0 Å². The van der Waals surface area contributed by atoms with Gasteiger partial charge in [0.2, 0.25) is 0 Å². The van der Waals surface area contributed by atoms with Gasteiger partial charge in [-0.15, -0.1) is 0 Å². The number of carbonyl (C=O) groups excluding carboxylic acids is 1. The van der Waals surface area contributed by atoms with Gasteiger partial charge in [0.05, 0.1) is 6.61 Å². The van der Waals surface area contributed by atoms with Crippen molar-refractivity contribution >= 4 is 22.8 Å². The second-order valence-corrected chi connectivity index (χ2v) is 8.61. The number of aryl methyl sites for hydroxylation is 1. The van der Waals surface area contributed by atoms with E-state index in [4.69, 9.17) is 10.5 Å². The maximum Gasteiger partial charge on any atom is 0.415 e. The van der Waals surface area contributed by atoms with E-state index in [1.807, 2.05) is 6.92 Å². The quantitative estimate of drug-likeness (QED) is 0.487. The molecule has 0 saturated carbocycles. The predicted molar refractivity (Wildman–Crippen MR) is 115 cm³/mol. The van der Waals surface area contributed by atoms with Crippen molar-refractivity contribution in [3.63, 3.8) is 0 Å². The lowest BCUT2D eigenvalue weighted by atomic mass is 9.77. The first kappa shape index (κ1) is 24.2. The number of rotatable bonds is 6. The molecule has 1 amide bonds. The van der Waals surface area contributed by atoms with E-state index in [9.17, 15) is 18.0 Å². The number of carbonyl (C=O) groups is 1. The minimum Gasteiger partial charge on any atom is -0.379 e. The van der Waals surface area contributed by atoms with Crippen molar-refractivity contribution in [2.75, 3.05) is 18.9 Å². The van der Waals surface area contributed by atoms with E-state index in [1.165, 1.54) is 18.3 Å². The van der Waals surface area contributed by atoms with Crippen LogP contribution in [-0.4, -0.2) is 52.8 Å². The number of alkyl halides is 3. The molecule has 0 aromatic carbocycles. The molecule has 2 aliphatic heterocycles. The third-order valence-corrected chi connectivity index (χ3v) is 6.24. The van der Waals surface area contributed by atoms with Gasteiger partial charge >= 0.3 is 6.18 Å². The molecule has 1 aromatic rings. The summed E-state index contributed by atoms with van der Waals surface area (Å²) in [4.78, 5) is 20.6. The molecular weight excluding hydrogens is 448 g/mol. The smallest absolute Gasteiger partial charge is 0.379 e. The van der Waals surface area contributed by atoms with E-state index in [1.54, 1.807) is 19.1 Å². The molecule has 32 heavy (non-hydrogen) atoms. The largest absolute Gasteiger partial charge is 0.415 e. The lowest BCUT2D eigenvalue weighted by Crippen LogP contribution is -2.49. The molecule has 174 valence electrons. The molecule has 0 unspecified atom stereocenters. The van der Waals surface area contributed by atoms with Crippen molar-refractivity contribution in [3.05, 3.63) is 53.1 Å². The molecule has 6 nitrogen and oxygen atoms in total. The summed E-state index contributed by atoms with van der Waals surface area (Å²) in [6.45, 7) is 2.93. The van der Waals surface area contributed by atoms with Crippen molar-refractivity contribution < 1.29 is 27.1 Å². The number of ether oxygens (including phenoxy) is 1. The minimum atomic E-state index is -4.63. The van der Waals surface area contributed by atoms with Crippen LogP contribution in [0, 0.1) is 12.8 Å². The van der Waals surface area contributed by atoms with Gasteiger partial charge in [0.25, 0.3) is 5.91 Å². The zero-order valence-corrected chi connectivity index (χ0v) is 18.4. The molecule has 3 rings (SSSR count). The lowest BCUT2D eigenvalue weighted by molar-refractivity contribution is -0.214. The Balaban J connectivity index is 1.93. The highest BCUT2D eigenvalue weighted by molar-refractivity contribution is 8.13. The van der Waals surface area contributed by atoms with E-state index in [-0.39, 0.29) is 28.7 Å². The molecule has 1 saturated heterocycles. The molecule has 1 aromatic heterocycles.